The molecular weight excluding hydrogens is 244 g/mol. The summed E-state index contributed by atoms with van der Waals surface area (Å²) in [6, 6.07) is 0.936. The molecule has 1 atom stereocenters. The van der Waals surface area contributed by atoms with Gasteiger partial charge in [0.15, 0.2) is 0 Å². The summed E-state index contributed by atoms with van der Waals surface area (Å²) in [6.07, 6.45) is 1.13. The van der Waals surface area contributed by atoms with Crippen LogP contribution in [-0.2, 0) is 13.6 Å². The van der Waals surface area contributed by atoms with Gasteiger partial charge in [0.2, 0.25) is 0 Å². The van der Waals surface area contributed by atoms with Crippen LogP contribution >= 0.6 is 0 Å². The first-order valence-electron chi connectivity index (χ1n) is 5.55. The van der Waals surface area contributed by atoms with Gasteiger partial charge in [-0.25, -0.2) is 0 Å². The maximum Gasteiger partial charge on any atom is 0.334 e. The molecule has 1 unspecified atom stereocenters. The third kappa shape index (κ3) is 9.66. The molecule has 0 fully saturated rings. The Kier molecular flexibility index (Phi) is 12.6. The van der Waals surface area contributed by atoms with Crippen molar-refractivity contribution in [2.45, 2.75) is 31.5 Å². The van der Waals surface area contributed by atoms with Gasteiger partial charge in [-0.05, 0) is 25.4 Å². The number of aliphatic hydroxyl groups is 2. The first-order valence-corrected chi connectivity index (χ1v) is 8.07. The molecular formula is C10H26O6Si. The quantitative estimate of drug-likeness (QED) is 0.418. The zero-order valence-electron chi connectivity index (χ0n) is 10.9. The molecule has 0 aliphatic heterocycles. The highest BCUT2D eigenvalue weighted by molar-refractivity contribution is 6.65. The second-order valence-corrected chi connectivity index (χ2v) is 7.49. The number of ether oxygens (including phenoxy) is 1. The Bertz CT molecular complexity index is 165. The van der Waals surface area contributed by atoms with Crippen LogP contribution in [0.3, 0.4) is 0 Å². The van der Waals surface area contributed by atoms with Gasteiger partial charge < -0.3 is 29.3 Å². The maximum atomic E-state index is 9.01. The van der Waals surface area contributed by atoms with Crippen molar-refractivity contribution in [3.63, 3.8) is 0 Å². The zero-order valence-corrected chi connectivity index (χ0v) is 11.9. The molecule has 0 saturated heterocycles. The van der Waals surface area contributed by atoms with Gasteiger partial charge in [0.05, 0.1) is 13.2 Å². The van der Waals surface area contributed by atoms with Gasteiger partial charge in [0, 0.05) is 20.8 Å². The highest BCUT2D eigenvalue weighted by Gasteiger charge is 2.27. The molecule has 0 aromatic carbocycles. The number of hydrogen-bond donors (Lipinski definition) is 2. The summed E-state index contributed by atoms with van der Waals surface area (Å²) in [5.41, 5.74) is 0. The van der Waals surface area contributed by atoms with Crippen LogP contribution in [0.1, 0.15) is 12.8 Å². The van der Waals surface area contributed by atoms with Crippen molar-refractivity contribution in [3.8, 4) is 0 Å². The highest BCUT2D eigenvalue weighted by atomic mass is 28.4. The minimum Gasteiger partial charge on any atom is -0.412 e. The first-order chi connectivity index (χ1) is 7.58. The molecule has 0 aromatic rings. The van der Waals surface area contributed by atoms with Crippen molar-refractivity contribution >= 4 is 8.56 Å². The van der Waals surface area contributed by atoms with Crippen LogP contribution in [-0.4, -0.2) is 64.4 Å². The predicted octanol–water partition coefficient (Wildman–Crippen LogP) is -0.323. The van der Waals surface area contributed by atoms with Crippen LogP contribution in [0.4, 0.5) is 0 Å². The van der Waals surface area contributed by atoms with Crippen molar-refractivity contribution in [2.24, 2.45) is 0 Å². The second kappa shape index (κ2) is 11.1. The Morgan fingerprint density at radius 3 is 2.24 bits per heavy atom. The van der Waals surface area contributed by atoms with Crippen molar-refractivity contribution in [2.75, 3.05) is 34.0 Å². The van der Waals surface area contributed by atoms with Crippen molar-refractivity contribution in [1.82, 2.24) is 0 Å². The number of unbranched alkanes of at least 4 members (excludes halogenated alkanes) is 1. The Morgan fingerprint density at radius 2 is 1.76 bits per heavy atom. The highest BCUT2D eigenvalue weighted by Crippen LogP contribution is 2.14. The first kappa shape index (κ1) is 19.3. The summed E-state index contributed by atoms with van der Waals surface area (Å²) >= 11 is 0. The van der Waals surface area contributed by atoms with E-state index in [1.807, 2.05) is 6.55 Å². The minimum atomic E-state index is -1.93. The molecule has 17 heavy (non-hydrogen) atoms. The molecule has 7 heteroatoms. The van der Waals surface area contributed by atoms with Gasteiger partial charge in [-0.1, -0.05) is 0 Å². The van der Waals surface area contributed by atoms with E-state index in [0.717, 1.165) is 18.9 Å². The van der Waals surface area contributed by atoms with E-state index in [4.69, 9.17) is 23.8 Å². The lowest BCUT2D eigenvalue weighted by molar-refractivity contribution is 0.00547. The van der Waals surface area contributed by atoms with Crippen LogP contribution in [0.5, 0.6) is 0 Å². The summed E-state index contributed by atoms with van der Waals surface area (Å²) in [5.74, 6) is 0. The summed E-state index contributed by atoms with van der Waals surface area (Å²) in [7, 11) is 1.44. The standard InChI is InChI=1S/C10H24O5Si.H2O/c1-13-16(3,14-2)7-5-4-6-15-9-10(12)8-11;/h10-12H,4-9H2,1-3H3;1H2. The van der Waals surface area contributed by atoms with Crippen molar-refractivity contribution < 1.29 is 29.3 Å². The van der Waals surface area contributed by atoms with Crippen LogP contribution in [0, 0.1) is 0 Å². The van der Waals surface area contributed by atoms with Crippen LogP contribution < -0.4 is 0 Å². The molecule has 4 N–H and O–H groups in total. The van der Waals surface area contributed by atoms with E-state index < -0.39 is 14.7 Å². The molecule has 0 saturated carbocycles. The third-order valence-electron chi connectivity index (χ3n) is 2.55. The van der Waals surface area contributed by atoms with E-state index in [0.29, 0.717) is 6.61 Å². The monoisotopic (exact) mass is 270 g/mol. The third-order valence-corrected chi connectivity index (χ3v) is 5.54. The molecule has 0 spiro atoms. The molecule has 0 aromatic heterocycles. The Labute approximate surface area is 104 Å². The van der Waals surface area contributed by atoms with Gasteiger partial charge in [0.25, 0.3) is 0 Å². The average molecular weight is 270 g/mol. The minimum absolute atomic E-state index is 0. The van der Waals surface area contributed by atoms with Crippen molar-refractivity contribution in [3.05, 3.63) is 0 Å². The summed E-state index contributed by atoms with van der Waals surface area (Å²) in [5, 5.41) is 17.6. The predicted molar refractivity (Wildman–Crippen MR) is 67.2 cm³/mol. The van der Waals surface area contributed by atoms with E-state index in [1.54, 1.807) is 14.2 Å². The Morgan fingerprint density at radius 1 is 1.18 bits per heavy atom. The number of rotatable bonds is 10. The molecule has 0 amide bonds. The number of hydrogen-bond acceptors (Lipinski definition) is 5. The number of aliphatic hydroxyl groups excluding tert-OH is 2. The second-order valence-electron chi connectivity index (χ2n) is 3.91. The Hall–Kier alpha value is -0.0231. The molecule has 0 heterocycles. The maximum absolute atomic E-state index is 9.01. The van der Waals surface area contributed by atoms with E-state index in [9.17, 15) is 0 Å². The van der Waals surface area contributed by atoms with Crippen LogP contribution in [0.25, 0.3) is 0 Å². The van der Waals surface area contributed by atoms with Crippen LogP contribution in [0.2, 0.25) is 12.6 Å². The van der Waals surface area contributed by atoms with Gasteiger partial charge in [0.1, 0.15) is 6.10 Å². The fourth-order valence-electron chi connectivity index (χ4n) is 1.21. The molecule has 106 valence electrons. The molecule has 0 aliphatic rings. The van der Waals surface area contributed by atoms with E-state index in [1.165, 1.54) is 0 Å². The zero-order chi connectivity index (χ0) is 12.4. The normalized spacial score (nSPS) is 13.2. The topological polar surface area (TPSA) is 99.7 Å². The van der Waals surface area contributed by atoms with Gasteiger partial charge >= 0.3 is 8.56 Å². The van der Waals surface area contributed by atoms with Gasteiger partial charge in [-0.2, -0.15) is 0 Å². The summed E-state index contributed by atoms with van der Waals surface area (Å²) < 4.78 is 15.9. The van der Waals surface area contributed by atoms with Gasteiger partial charge in [-0.3, -0.25) is 0 Å². The van der Waals surface area contributed by atoms with E-state index in [2.05, 4.69) is 0 Å². The fraction of sp³-hybridized carbons (Fsp3) is 1.00. The largest absolute Gasteiger partial charge is 0.412 e. The van der Waals surface area contributed by atoms with E-state index in [-0.39, 0.29) is 18.7 Å². The molecule has 0 aliphatic carbocycles. The lowest BCUT2D eigenvalue weighted by Gasteiger charge is -2.22. The fourth-order valence-corrected chi connectivity index (χ4v) is 2.68. The molecule has 0 rings (SSSR count). The SMILES string of the molecule is CO[Si](C)(CCCCOCC(O)CO)OC.O. The van der Waals surface area contributed by atoms with Crippen molar-refractivity contribution in [1.29, 1.82) is 0 Å². The van der Waals surface area contributed by atoms with Crippen LogP contribution in [0.15, 0.2) is 0 Å². The Balaban J connectivity index is 0. The smallest absolute Gasteiger partial charge is 0.334 e. The molecule has 6 nitrogen and oxygen atoms in total. The molecule has 0 bridgehead atoms. The lowest BCUT2D eigenvalue weighted by Crippen LogP contribution is -2.35. The van der Waals surface area contributed by atoms with E-state index >= 15 is 0 Å². The molecule has 0 radical (unpaired) electrons. The summed E-state index contributed by atoms with van der Waals surface area (Å²) in [4.78, 5) is 0. The summed E-state index contributed by atoms with van der Waals surface area (Å²) in [6.45, 7) is 2.57. The average Bonchev–Trinajstić information content (AvgIpc) is 2.32. The van der Waals surface area contributed by atoms with Gasteiger partial charge in [-0.15, -0.1) is 0 Å². The lowest BCUT2D eigenvalue weighted by atomic mass is 10.3.